The molecule has 0 aliphatic carbocycles. The van der Waals surface area contributed by atoms with Gasteiger partial charge in [-0.1, -0.05) is 72.3 Å². The second-order valence-electron chi connectivity index (χ2n) is 10.5. The molecule has 7 nitrogen and oxygen atoms in total. The number of carbonyl (C=O) groups excluding carboxylic acids is 1. The standard InChI is InChI=1S/C34H43N3O4/c1-26(20-27-12-7-5-8-13-27)24-37(34(38)29-22-31(39-2)33(41-4)32(23-29)40-3)18-11-17-36-19-16-35-30(25-36)21-28-14-9-6-10-15-28/h5-10,12-15,20,22-23,30,35H,11,16-19,21,24-25H2,1-4H3. The molecule has 1 aliphatic heterocycles. The third kappa shape index (κ3) is 8.59. The van der Waals surface area contributed by atoms with Gasteiger partial charge in [-0.05, 0) is 49.6 Å². The molecule has 1 unspecified atom stereocenters. The van der Waals surface area contributed by atoms with Crippen molar-refractivity contribution >= 4 is 12.0 Å². The lowest BCUT2D eigenvalue weighted by atomic mass is 10.0. The van der Waals surface area contributed by atoms with Crippen molar-refractivity contribution in [2.24, 2.45) is 0 Å². The maximum Gasteiger partial charge on any atom is 0.254 e. The monoisotopic (exact) mass is 557 g/mol. The van der Waals surface area contributed by atoms with E-state index in [0.29, 0.717) is 41.9 Å². The Labute approximate surface area is 244 Å². The smallest absolute Gasteiger partial charge is 0.254 e. The van der Waals surface area contributed by atoms with Crippen molar-refractivity contribution < 1.29 is 19.0 Å². The Morgan fingerprint density at radius 3 is 2.27 bits per heavy atom. The number of amides is 1. The molecule has 3 aromatic rings. The van der Waals surface area contributed by atoms with Crippen LogP contribution in [0, 0.1) is 0 Å². The van der Waals surface area contributed by atoms with Crippen LogP contribution in [0.3, 0.4) is 0 Å². The van der Waals surface area contributed by atoms with Gasteiger partial charge in [0.25, 0.3) is 5.91 Å². The van der Waals surface area contributed by atoms with Crippen LogP contribution in [-0.2, 0) is 6.42 Å². The number of benzene rings is 3. The third-order valence-electron chi connectivity index (χ3n) is 7.42. The van der Waals surface area contributed by atoms with Crippen molar-refractivity contribution in [3.8, 4) is 17.2 Å². The van der Waals surface area contributed by atoms with Crippen LogP contribution in [0.4, 0.5) is 0 Å². The van der Waals surface area contributed by atoms with E-state index in [9.17, 15) is 4.79 Å². The third-order valence-corrected chi connectivity index (χ3v) is 7.42. The van der Waals surface area contributed by atoms with E-state index in [1.54, 1.807) is 33.5 Å². The van der Waals surface area contributed by atoms with Crippen molar-refractivity contribution in [3.63, 3.8) is 0 Å². The van der Waals surface area contributed by atoms with Crippen molar-refractivity contribution in [2.45, 2.75) is 25.8 Å². The highest BCUT2D eigenvalue weighted by molar-refractivity contribution is 5.96. The number of nitrogens with zero attached hydrogens (tertiary/aromatic N) is 2. The zero-order valence-corrected chi connectivity index (χ0v) is 24.8. The summed E-state index contributed by atoms with van der Waals surface area (Å²) in [6.07, 6.45) is 4.04. The highest BCUT2D eigenvalue weighted by Crippen LogP contribution is 2.38. The summed E-state index contributed by atoms with van der Waals surface area (Å²) >= 11 is 0. The van der Waals surface area contributed by atoms with E-state index in [4.69, 9.17) is 14.2 Å². The number of methoxy groups -OCH3 is 3. The topological polar surface area (TPSA) is 63.3 Å². The number of rotatable bonds is 13. The van der Waals surface area contributed by atoms with Crippen molar-refractivity contribution in [1.29, 1.82) is 0 Å². The van der Waals surface area contributed by atoms with Gasteiger partial charge in [-0.15, -0.1) is 0 Å². The second kappa shape index (κ2) is 15.3. The van der Waals surface area contributed by atoms with E-state index in [0.717, 1.165) is 50.2 Å². The summed E-state index contributed by atoms with van der Waals surface area (Å²) in [5.74, 6) is 1.35. The predicted octanol–water partition coefficient (Wildman–Crippen LogP) is 5.16. The molecule has 4 rings (SSSR count). The maximum atomic E-state index is 13.9. The fourth-order valence-electron chi connectivity index (χ4n) is 5.44. The second-order valence-corrected chi connectivity index (χ2v) is 10.5. The van der Waals surface area contributed by atoms with Crippen LogP contribution >= 0.6 is 0 Å². The Bertz CT molecular complexity index is 1250. The minimum Gasteiger partial charge on any atom is -0.493 e. The van der Waals surface area contributed by atoms with Gasteiger partial charge < -0.3 is 29.3 Å². The lowest BCUT2D eigenvalue weighted by molar-refractivity contribution is 0.0759. The summed E-state index contributed by atoms with van der Waals surface area (Å²) in [6, 6.07) is 24.8. The van der Waals surface area contributed by atoms with E-state index < -0.39 is 0 Å². The van der Waals surface area contributed by atoms with Gasteiger partial charge in [0.05, 0.1) is 21.3 Å². The number of piperazine rings is 1. The van der Waals surface area contributed by atoms with Crippen LogP contribution in [0.1, 0.15) is 34.8 Å². The van der Waals surface area contributed by atoms with E-state index in [2.05, 4.69) is 65.7 Å². The molecule has 1 fully saturated rings. The van der Waals surface area contributed by atoms with Crippen LogP contribution in [-0.4, -0.2) is 82.3 Å². The summed E-state index contributed by atoms with van der Waals surface area (Å²) in [5.41, 5.74) is 4.10. The Morgan fingerprint density at radius 1 is 0.976 bits per heavy atom. The Balaban J connectivity index is 1.46. The normalized spacial score (nSPS) is 15.8. The molecular formula is C34H43N3O4. The number of carbonyl (C=O) groups is 1. The summed E-state index contributed by atoms with van der Waals surface area (Å²) in [6.45, 7) is 7.18. The Kier molecular flexibility index (Phi) is 11.2. The molecule has 1 saturated heterocycles. The fourth-order valence-corrected chi connectivity index (χ4v) is 5.44. The van der Waals surface area contributed by atoms with E-state index in [-0.39, 0.29) is 5.91 Å². The van der Waals surface area contributed by atoms with Crippen LogP contribution < -0.4 is 19.5 Å². The highest BCUT2D eigenvalue weighted by atomic mass is 16.5. The lowest BCUT2D eigenvalue weighted by Crippen LogP contribution is -2.52. The van der Waals surface area contributed by atoms with Crippen molar-refractivity contribution in [2.75, 3.05) is 60.6 Å². The van der Waals surface area contributed by atoms with Gasteiger partial charge in [0.15, 0.2) is 11.5 Å². The van der Waals surface area contributed by atoms with Crippen molar-refractivity contribution in [3.05, 3.63) is 95.1 Å². The highest BCUT2D eigenvalue weighted by Gasteiger charge is 2.23. The largest absolute Gasteiger partial charge is 0.493 e. The Hall–Kier alpha value is -3.81. The summed E-state index contributed by atoms with van der Waals surface area (Å²) in [7, 11) is 4.69. The molecule has 1 amide bonds. The quantitative estimate of drug-likeness (QED) is 0.313. The average Bonchev–Trinajstić information content (AvgIpc) is 3.00. The molecule has 0 radical (unpaired) electrons. The van der Waals surface area contributed by atoms with Gasteiger partial charge >= 0.3 is 0 Å². The molecule has 1 atom stereocenters. The van der Waals surface area contributed by atoms with Gasteiger partial charge in [0, 0.05) is 44.3 Å². The minimum atomic E-state index is -0.0627. The van der Waals surface area contributed by atoms with Crippen LogP contribution in [0.5, 0.6) is 17.2 Å². The zero-order valence-electron chi connectivity index (χ0n) is 24.8. The predicted molar refractivity (Wildman–Crippen MR) is 165 cm³/mol. The molecule has 218 valence electrons. The molecule has 1 N–H and O–H groups in total. The van der Waals surface area contributed by atoms with Gasteiger partial charge in [-0.2, -0.15) is 0 Å². The fraction of sp³-hybridized carbons (Fsp3) is 0.382. The SMILES string of the molecule is COc1cc(C(=O)N(CCCN2CCNC(Cc3ccccc3)C2)CC(C)=Cc2ccccc2)cc(OC)c1OC. The molecule has 1 heterocycles. The number of ether oxygens (including phenoxy) is 3. The molecule has 0 spiro atoms. The lowest BCUT2D eigenvalue weighted by Gasteiger charge is -2.34. The minimum absolute atomic E-state index is 0.0627. The van der Waals surface area contributed by atoms with E-state index in [1.807, 2.05) is 23.1 Å². The average molecular weight is 558 g/mol. The van der Waals surface area contributed by atoms with Crippen LogP contribution in [0.25, 0.3) is 6.08 Å². The van der Waals surface area contributed by atoms with Crippen LogP contribution in [0.2, 0.25) is 0 Å². The van der Waals surface area contributed by atoms with Gasteiger partial charge in [0.2, 0.25) is 5.75 Å². The molecule has 41 heavy (non-hydrogen) atoms. The molecule has 0 saturated carbocycles. The summed E-state index contributed by atoms with van der Waals surface area (Å²) in [4.78, 5) is 18.4. The Morgan fingerprint density at radius 2 is 1.63 bits per heavy atom. The molecular weight excluding hydrogens is 514 g/mol. The molecule has 0 aromatic heterocycles. The first kappa shape index (κ1) is 30.2. The van der Waals surface area contributed by atoms with Gasteiger partial charge in [-0.3, -0.25) is 4.79 Å². The first-order valence-corrected chi connectivity index (χ1v) is 14.3. The van der Waals surface area contributed by atoms with Gasteiger partial charge in [0.1, 0.15) is 0 Å². The van der Waals surface area contributed by atoms with E-state index in [1.165, 1.54) is 5.56 Å². The first-order valence-electron chi connectivity index (χ1n) is 14.3. The van der Waals surface area contributed by atoms with Gasteiger partial charge in [-0.25, -0.2) is 0 Å². The number of hydrogen-bond acceptors (Lipinski definition) is 6. The summed E-state index contributed by atoms with van der Waals surface area (Å²) in [5, 5.41) is 3.67. The number of hydrogen-bond donors (Lipinski definition) is 1. The number of nitrogens with one attached hydrogen (secondary N) is 1. The first-order chi connectivity index (χ1) is 20.0. The molecule has 7 heteroatoms. The molecule has 3 aromatic carbocycles. The van der Waals surface area contributed by atoms with E-state index >= 15 is 0 Å². The molecule has 1 aliphatic rings. The van der Waals surface area contributed by atoms with Crippen LogP contribution in [0.15, 0.2) is 78.4 Å². The zero-order chi connectivity index (χ0) is 29.0. The maximum absolute atomic E-state index is 13.9. The molecule has 0 bridgehead atoms. The van der Waals surface area contributed by atoms with Crippen molar-refractivity contribution in [1.82, 2.24) is 15.1 Å². The summed E-state index contributed by atoms with van der Waals surface area (Å²) < 4.78 is 16.5.